The molecule has 8 bridgehead atoms. The van der Waals surface area contributed by atoms with Crippen LogP contribution in [0.25, 0.3) is 89.7 Å². The van der Waals surface area contributed by atoms with Crippen LogP contribution in [0.5, 0.6) is 0 Å². The number of H-pyrrole nitrogens is 2. The summed E-state index contributed by atoms with van der Waals surface area (Å²) < 4.78 is 9.31. The summed E-state index contributed by atoms with van der Waals surface area (Å²) in [4.78, 5) is 36.8. The number of hydrogen-bond donors (Lipinski definition) is 2. The van der Waals surface area contributed by atoms with E-state index in [0.29, 0.717) is 59.1 Å². The van der Waals surface area contributed by atoms with Crippen molar-refractivity contribution in [2.45, 2.75) is 0 Å². The second-order valence-corrected chi connectivity index (χ2v) is 10.8. The second kappa shape index (κ2) is 15.5. The van der Waals surface area contributed by atoms with E-state index >= 15 is 0 Å². The van der Waals surface area contributed by atoms with Crippen LogP contribution in [0.3, 0.4) is 0 Å². The summed E-state index contributed by atoms with van der Waals surface area (Å²) >= 11 is 0. The van der Waals surface area contributed by atoms with E-state index in [1.165, 1.54) is 0 Å². The third-order valence-electron chi connectivity index (χ3n) is 7.95. The molecule has 0 unspecified atom stereocenters. The Balaban J connectivity index is 0.000000463. The normalized spacial score (nSPS) is 11.1. The van der Waals surface area contributed by atoms with Gasteiger partial charge >= 0.3 is 103 Å². The fourth-order valence-corrected chi connectivity index (χ4v) is 5.76. The molecule has 48 heavy (non-hydrogen) atoms. The van der Waals surface area contributed by atoms with Crippen molar-refractivity contribution in [1.82, 2.24) is 39.9 Å². The molecule has 0 saturated carbocycles. The van der Waals surface area contributed by atoms with Crippen molar-refractivity contribution in [3.63, 3.8) is 0 Å². The van der Waals surface area contributed by atoms with Gasteiger partial charge in [0, 0.05) is 58.0 Å². The monoisotopic (exact) mass is 684 g/mol. The van der Waals surface area contributed by atoms with Gasteiger partial charge in [0.25, 0.3) is 0 Å². The number of benzene rings is 4. The van der Waals surface area contributed by atoms with Crippen molar-refractivity contribution in [3.8, 4) is 45.6 Å². The van der Waals surface area contributed by atoms with Crippen molar-refractivity contribution >= 4 is 147 Å². The van der Waals surface area contributed by atoms with Gasteiger partial charge in [0.15, 0.2) is 23.3 Å². The topological polar surface area (TPSA) is 127 Å². The van der Waals surface area contributed by atoms with Crippen LogP contribution in [0.4, 0.5) is 0 Å². The summed E-state index contributed by atoms with van der Waals surface area (Å²) in [5.74, 6) is 2.39. The fraction of sp³-hybridized carbons (Fsp3) is 0.111. The maximum atomic E-state index is 5.02. The Morgan fingerprint density at radius 2 is 0.646 bits per heavy atom. The Bertz CT molecular complexity index is 2120. The third-order valence-corrected chi connectivity index (χ3v) is 7.95. The molecule has 12 heteroatoms. The first-order valence-electron chi connectivity index (χ1n) is 14.9. The van der Waals surface area contributed by atoms with Crippen molar-refractivity contribution in [2.24, 2.45) is 0 Å². The van der Waals surface area contributed by atoms with Crippen LogP contribution in [-0.4, -0.2) is 170 Å². The van der Waals surface area contributed by atoms with E-state index < -0.39 is 0 Å². The Hall–Kier alpha value is -2.57. The molecule has 2 N–H and O–H groups in total. The number of fused-ring (bicyclic) bond motifs is 20. The van der Waals surface area contributed by atoms with Crippen molar-refractivity contribution < 1.29 is 9.47 Å². The van der Waals surface area contributed by atoms with Gasteiger partial charge in [0.1, 0.15) is 22.6 Å². The maximum absolute atomic E-state index is 5.02. The van der Waals surface area contributed by atoms with Gasteiger partial charge in [-0.05, 0) is 0 Å². The quantitative estimate of drug-likeness (QED) is 0.175. The zero-order valence-corrected chi connectivity index (χ0v) is 25.2. The fourth-order valence-electron chi connectivity index (χ4n) is 5.76. The molecule has 2 aliphatic heterocycles. The number of aromatic amines is 2. The van der Waals surface area contributed by atoms with Crippen molar-refractivity contribution in [1.29, 1.82) is 0 Å². The molecule has 0 spiro atoms. The van der Waals surface area contributed by atoms with Crippen molar-refractivity contribution in [3.05, 3.63) is 97.1 Å². The molecule has 2 aliphatic rings. The molecular formula is C36H30K2N8O2. The van der Waals surface area contributed by atoms with Gasteiger partial charge < -0.3 is 19.4 Å². The van der Waals surface area contributed by atoms with E-state index in [9.17, 15) is 0 Å². The van der Waals surface area contributed by atoms with Crippen LogP contribution in [0.1, 0.15) is 0 Å². The number of nitrogens with one attached hydrogen (secondary N) is 2. The SMILES string of the molecule is COCCOC.[KH].[KH].c1ccc2c(c1)-c1nc-2nc2[nH]c(nc3nc(nc4[nH]c(n1)c1ccccc41)-c1ccccc1-3)c1ccccc21. The minimum absolute atomic E-state index is 0. The van der Waals surface area contributed by atoms with Crippen LogP contribution >= 0.6 is 0 Å². The van der Waals surface area contributed by atoms with Gasteiger partial charge in [-0.2, -0.15) is 0 Å². The zero-order valence-electron chi connectivity index (χ0n) is 25.2. The van der Waals surface area contributed by atoms with Gasteiger partial charge in [-0.1, -0.05) is 97.1 Å². The summed E-state index contributed by atoms with van der Waals surface area (Å²) in [5.41, 5.74) is 6.45. The molecule has 7 aromatic rings. The number of aromatic nitrogens is 8. The first-order chi connectivity index (χ1) is 22.7. The molecule has 0 amide bonds. The molecular weight excluding hydrogens is 655 g/mol. The summed E-state index contributed by atoms with van der Waals surface area (Å²) in [6, 6.07) is 32.2. The molecule has 3 aromatic heterocycles. The zero-order chi connectivity index (χ0) is 31.0. The van der Waals surface area contributed by atoms with Crippen LogP contribution in [0.2, 0.25) is 0 Å². The van der Waals surface area contributed by atoms with Crippen LogP contribution in [0, 0.1) is 0 Å². The van der Waals surface area contributed by atoms with Crippen LogP contribution < -0.4 is 0 Å². The summed E-state index contributed by atoms with van der Waals surface area (Å²) in [5, 5.41) is 3.82. The predicted molar refractivity (Wildman–Crippen MR) is 194 cm³/mol. The molecule has 4 aromatic carbocycles. The average molecular weight is 685 g/mol. The molecule has 0 aliphatic carbocycles. The van der Waals surface area contributed by atoms with E-state index in [1.54, 1.807) is 14.2 Å². The number of methoxy groups -OCH3 is 2. The second-order valence-electron chi connectivity index (χ2n) is 10.8. The molecule has 0 fully saturated rings. The largest absolute Gasteiger partial charge is 0.324 e. The van der Waals surface area contributed by atoms with Crippen LogP contribution in [-0.2, 0) is 9.47 Å². The van der Waals surface area contributed by atoms with Crippen LogP contribution in [0.15, 0.2) is 97.1 Å². The first-order valence-corrected chi connectivity index (χ1v) is 14.9. The maximum Gasteiger partial charge on any atom is 0.164 e. The molecule has 5 heterocycles. The summed E-state index contributed by atoms with van der Waals surface area (Å²) in [6.07, 6.45) is 0. The minimum Gasteiger partial charge on any atom is -0.324 e. The Kier molecular flexibility index (Phi) is 11.4. The number of ether oxygens (including phenoxy) is 2. The Labute approximate surface area is 361 Å². The average Bonchev–Trinajstić information content (AvgIpc) is 3.83. The van der Waals surface area contributed by atoms with Gasteiger partial charge in [-0.25, -0.2) is 29.9 Å². The molecule has 0 atom stereocenters. The molecule has 0 saturated heterocycles. The number of rotatable bonds is 3. The van der Waals surface area contributed by atoms with E-state index in [-0.39, 0.29) is 103 Å². The van der Waals surface area contributed by atoms with Crippen molar-refractivity contribution in [2.75, 3.05) is 27.4 Å². The van der Waals surface area contributed by atoms with Gasteiger partial charge in [-0.3, -0.25) is 0 Å². The van der Waals surface area contributed by atoms with E-state index in [1.807, 2.05) is 97.1 Å². The smallest absolute Gasteiger partial charge is 0.164 e. The Morgan fingerprint density at radius 3 is 0.896 bits per heavy atom. The molecule has 0 radical (unpaired) electrons. The third kappa shape index (κ3) is 6.65. The summed E-state index contributed by atoms with van der Waals surface area (Å²) in [7, 11) is 3.30. The Morgan fingerprint density at radius 1 is 0.396 bits per heavy atom. The number of hydrogen-bond acceptors (Lipinski definition) is 8. The van der Waals surface area contributed by atoms with Gasteiger partial charge in [0.2, 0.25) is 0 Å². The van der Waals surface area contributed by atoms with Gasteiger partial charge in [0.05, 0.1) is 13.2 Å². The standard InChI is InChI=1S/C32H18N8.C4H10O2.2K.2H/c1-2-10-18-17(9-1)25-33-26(18)38-28-21-13-5-6-14-22(21)30(35-28)40-32-24-16-8-7-15-23(24)31(36-32)39-29-20-12-4-3-11-19(20)27(34-29)37-25;1-5-3-4-6-2;;;;/h1-16H,(H2,33,34,35,36,37,38,39,40);3-4H2,1-2H3;;;;. The molecule has 9 rings (SSSR count). The van der Waals surface area contributed by atoms with E-state index in [2.05, 4.69) is 19.4 Å². The predicted octanol–water partition coefficient (Wildman–Crippen LogP) is 5.85. The van der Waals surface area contributed by atoms with E-state index in [4.69, 9.17) is 29.9 Å². The molecule has 228 valence electrons. The number of nitrogens with zero attached hydrogens (tertiary/aromatic N) is 6. The minimum atomic E-state index is 0. The van der Waals surface area contributed by atoms with Gasteiger partial charge in [-0.15, -0.1) is 0 Å². The first kappa shape index (κ1) is 35.3. The molecule has 10 nitrogen and oxygen atoms in total. The van der Waals surface area contributed by atoms with E-state index in [0.717, 1.165) is 43.8 Å². The summed E-state index contributed by atoms with van der Waals surface area (Å²) in [6.45, 7) is 1.38.